The molecule has 1 N–H and O–H groups in total. The molecule has 1 aromatic carbocycles. The summed E-state index contributed by atoms with van der Waals surface area (Å²) in [4.78, 5) is 11.6. The number of anilines is 1. The van der Waals surface area contributed by atoms with Gasteiger partial charge in [0.25, 0.3) is 0 Å². The lowest BCUT2D eigenvalue weighted by Gasteiger charge is -2.05. The Bertz CT molecular complexity index is 595. The number of nitrogens with zero attached hydrogens (tertiary/aromatic N) is 2. The van der Waals surface area contributed by atoms with Crippen LogP contribution in [0.25, 0.3) is 0 Å². The van der Waals surface area contributed by atoms with Crippen molar-refractivity contribution in [1.82, 2.24) is 9.78 Å². The van der Waals surface area contributed by atoms with Crippen LogP contribution < -0.4 is 5.32 Å². The van der Waals surface area contributed by atoms with Gasteiger partial charge in [-0.2, -0.15) is 5.10 Å². The summed E-state index contributed by atoms with van der Waals surface area (Å²) >= 11 is 0. The van der Waals surface area contributed by atoms with Crippen LogP contribution in [-0.2, 0) is 18.3 Å². The maximum atomic E-state index is 13.3. The van der Waals surface area contributed by atoms with Crippen LogP contribution in [0.2, 0.25) is 0 Å². The minimum absolute atomic E-state index is 0.0161. The third kappa shape index (κ3) is 3.61. The molecule has 2 aromatic rings. The highest BCUT2D eigenvalue weighted by molar-refractivity contribution is 5.90. The number of hydrogen-bond acceptors (Lipinski definition) is 2. The van der Waals surface area contributed by atoms with Crippen molar-refractivity contribution in [3.63, 3.8) is 0 Å². The molecule has 6 heteroatoms. The van der Waals surface area contributed by atoms with Crippen molar-refractivity contribution in [3.8, 4) is 0 Å². The second kappa shape index (κ2) is 5.60. The van der Waals surface area contributed by atoms with Crippen molar-refractivity contribution < 1.29 is 13.6 Å². The molecule has 4 nitrogen and oxygen atoms in total. The molecule has 0 spiro atoms. The number of aryl methyl sites for hydroxylation is 2. The molecular weight excluding hydrogens is 252 g/mol. The van der Waals surface area contributed by atoms with E-state index in [4.69, 9.17) is 0 Å². The quantitative estimate of drug-likeness (QED) is 0.921. The van der Waals surface area contributed by atoms with Gasteiger partial charge in [-0.1, -0.05) is 0 Å². The van der Waals surface area contributed by atoms with E-state index in [2.05, 4.69) is 10.4 Å². The van der Waals surface area contributed by atoms with E-state index in [1.54, 1.807) is 17.9 Å². The van der Waals surface area contributed by atoms with Crippen LogP contribution in [0, 0.1) is 11.6 Å². The summed E-state index contributed by atoms with van der Waals surface area (Å²) in [6, 6.07) is 3.03. The molecule has 0 saturated carbocycles. The molecule has 0 aliphatic carbocycles. The topological polar surface area (TPSA) is 46.9 Å². The average molecular weight is 265 g/mol. The zero-order valence-electron chi connectivity index (χ0n) is 10.4. The second-order valence-electron chi connectivity index (χ2n) is 4.19. The molecule has 100 valence electrons. The van der Waals surface area contributed by atoms with Crippen LogP contribution in [0.1, 0.15) is 12.0 Å². The number of nitrogens with one attached hydrogen (secondary N) is 1. The molecule has 1 amide bonds. The van der Waals surface area contributed by atoms with Crippen molar-refractivity contribution in [1.29, 1.82) is 0 Å². The van der Waals surface area contributed by atoms with Gasteiger partial charge in [0.1, 0.15) is 11.6 Å². The van der Waals surface area contributed by atoms with Crippen LogP contribution in [0.15, 0.2) is 30.6 Å². The Labute approximate surface area is 109 Å². The lowest BCUT2D eigenvalue weighted by Crippen LogP contribution is -2.13. The van der Waals surface area contributed by atoms with Gasteiger partial charge < -0.3 is 5.32 Å². The first-order valence-corrected chi connectivity index (χ1v) is 5.77. The molecule has 1 heterocycles. The van der Waals surface area contributed by atoms with Gasteiger partial charge in [-0.3, -0.25) is 9.48 Å². The molecular formula is C13H13F2N3O. The number of rotatable bonds is 4. The van der Waals surface area contributed by atoms with E-state index in [0.29, 0.717) is 6.42 Å². The number of halogens is 2. The summed E-state index contributed by atoms with van der Waals surface area (Å²) in [5, 5.41) is 6.39. The Hall–Kier alpha value is -2.24. The molecule has 2 rings (SSSR count). The van der Waals surface area contributed by atoms with E-state index in [0.717, 1.165) is 17.7 Å². The molecule has 1 aromatic heterocycles. The predicted molar refractivity (Wildman–Crippen MR) is 66.5 cm³/mol. The molecule has 19 heavy (non-hydrogen) atoms. The maximum absolute atomic E-state index is 13.3. The molecule has 0 saturated heterocycles. The maximum Gasteiger partial charge on any atom is 0.224 e. The molecule has 0 unspecified atom stereocenters. The van der Waals surface area contributed by atoms with E-state index in [-0.39, 0.29) is 18.0 Å². The molecule has 0 fully saturated rings. The smallest absolute Gasteiger partial charge is 0.224 e. The van der Waals surface area contributed by atoms with Gasteiger partial charge >= 0.3 is 0 Å². The predicted octanol–water partition coefficient (Wildman–Crippen LogP) is 2.27. The molecule has 0 aliphatic rings. The van der Waals surface area contributed by atoms with Crippen LogP contribution in [0.5, 0.6) is 0 Å². The Kier molecular flexibility index (Phi) is 3.89. The monoisotopic (exact) mass is 265 g/mol. The summed E-state index contributed by atoms with van der Waals surface area (Å²) in [7, 11) is 1.79. The third-order valence-corrected chi connectivity index (χ3v) is 2.60. The molecule has 0 aliphatic heterocycles. The number of hydrogen-bond donors (Lipinski definition) is 1. The number of carbonyl (C=O) groups excluding carboxylic acids is 1. The highest BCUT2D eigenvalue weighted by Gasteiger charge is 2.08. The minimum atomic E-state index is -0.783. The van der Waals surface area contributed by atoms with E-state index in [1.807, 2.05) is 6.20 Å². The molecule has 0 radical (unpaired) electrons. The van der Waals surface area contributed by atoms with Gasteiger partial charge in [-0.25, -0.2) is 8.78 Å². The van der Waals surface area contributed by atoms with Crippen LogP contribution in [-0.4, -0.2) is 15.7 Å². The average Bonchev–Trinajstić information content (AvgIpc) is 2.76. The van der Waals surface area contributed by atoms with Crippen LogP contribution in [0.4, 0.5) is 14.5 Å². The lowest BCUT2D eigenvalue weighted by molar-refractivity contribution is -0.116. The van der Waals surface area contributed by atoms with Crippen molar-refractivity contribution >= 4 is 11.6 Å². The summed E-state index contributed by atoms with van der Waals surface area (Å²) in [6.07, 6.45) is 4.21. The molecule has 0 bridgehead atoms. The first-order chi connectivity index (χ1) is 9.04. The zero-order chi connectivity index (χ0) is 13.8. The first-order valence-electron chi connectivity index (χ1n) is 5.77. The zero-order valence-corrected chi connectivity index (χ0v) is 10.4. The first kappa shape index (κ1) is 13.2. The summed E-state index contributed by atoms with van der Waals surface area (Å²) in [6.45, 7) is 0. The fourth-order valence-corrected chi connectivity index (χ4v) is 1.66. The van der Waals surface area contributed by atoms with E-state index >= 15 is 0 Å². The van der Waals surface area contributed by atoms with Gasteiger partial charge in [0, 0.05) is 25.7 Å². The fourth-order valence-electron chi connectivity index (χ4n) is 1.66. The fraction of sp³-hybridized carbons (Fsp3) is 0.231. The van der Waals surface area contributed by atoms with Crippen molar-refractivity contribution in [2.24, 2.45) is 7.05 Å². The van der Waals surface area contributed by atoms with Crippen LogP contribution in [0.3, 0.4) is 0 Å². The van der Waals surface area contributed by atoms with Crippen molar-refractivity contribution in [2.75, 3.05) is 5.32 Å². The number of carbonyl (C=O) groups is 1. The summed E-state index contributed by atoms with van der Waals surface area (Å²) < 4.78 is 27.6. The van der Waals surface area contributed by atoms with Gasteiger partial charge in [-0.15, -0.1) is 0 Å². The SMILES string of the molecule is Cn1cc(CCC(=O)Nc2ccc(F)cc2F)cn1. The van der Waals surface area contributed by atoms with E-state index < -0.39 is 11.6 Å². The Morgan fingerprint density at radius 3 is 2.84 bits per heavy atom. The van der Waals surface area contributed by atoms with Crippen LogP contribution >= 0.6 is 0 Å². The van der Waals surface area contributed by atoms with Gasteiger partial charge in [0.15, 0.2) is 0 Å². The van der Waals surface area contributed by atoms with Gasteiger partial charge in [-0.05, 0) is 24.1 Å². The van der Waals surface area contributed by atoms with Crippen molar-refractivity contribution in [3.05, 3.63) is 47.8 Å². The Morgan fingerprint density at radius 2 is 2.21 bits per heavy atom. The largest absolute Gasteiger partial charge is 0.324 e. The normalized spacial score (nSPS) is 10.5. The summed E-state index contributed by atoms with van der Waals surface area (Å²) in [5.74, 6) is -1.78. The van der Waals surface area contributed by atoms with E-state index in [9.17, 15) is 13.6 Å². The number of aromatic nitrogens is 2. The third-order valence-electron chi connectivity index (χ3n) is 2.60. The number of amides is 1. The Balaban J connectivity index is 1.90. The minimum Gasteiger partial charge on any atom is -0.324 e. The second-order valence-corrected chi connectivity index (χ2v) is 4.19. The van der Waals surface area contributed by atoms with Crippen molar-refractivity contribution in [2.45, 2.75) is 12.8 Å². The Morgan fingerprint density at radius 1 is 1.42 bits per heavy atom. The highest BCUT2D eigenvalue weighted by Crippen LogP contribution is 2.15. The number of benzene rings is 1. The summed E-state index contributed by atoms with van der Waals surface area (Å²) in [5.41, 5.74) is 0.912. The highest BCUT2D eigenvalue weighted by atomic mass is 19.1. The lowest BCUT2D eigenvalue weighted by atomic mass is 10.2. The van der Waals surface area contributed by atoms with E-state index in [1.165, 1.54) is 6.07 Å². The molecule has 0 atom stereocenters. The van der Waals surface area contributed by atoms with Gasteiger partial charge in [0.2, 0.25) is 5.91 Å². The van der Waals surface area contributed by atoms with Gasteiger partial charge in [0.05, 0.1) is 11.9 Å². The standard InChI is InChI=1S/C13H13F2N3O/c1-18-8-9(7-16-18)2-5-13(19)17-12-4-3-10(14)6-11(12)15/h3-4,6-8H,2,5H2,1H3,(H,17,19).